The Kier molecular flexibility index (Phi) is 4.76. The van der Waals surface area contributed by atoms with Crippen molar-refractivity contribution >= 4 is 5.91 Å². The van der Waals surface area contributed by atoms with Crippen molar-refractivity contribution in [3.8, 4) is 11.4 Å². The Labute approximate surface area is 163 Å². The van der Waals surface area contributed by atoms with Gasteiger partial charge in [0.25, 0.3) is 5.91 Å². The zero-order chi connectivity index (χ0) is 19.5. The molecule has 0 unspecified atom stereocenters. The molecule has 0 saturated carbocycles. The Balaban J connectivity index is 1.49. The summed E-state index contributed by atoms with van der Waals surface area (Å²) < 4.78 is 3.60. The Bertz CT molecular complexity index is 1100. The van der Waals surface area contributed by atoms with Gasteiger partial charge in [-0.25, -0.2) is 9.36 Å². The van der Waals surface area contributed by atoms with E-state index in [0.717, 1.165) is 28.3 Å². The molecule has 0 fully saturated rings. The van der Waals surface area contributed by atoms with E-state index in [-0.39, 0.29) is 5.91 Å². The molecule has 0 bridgehead atoms. The third-order valence-electron chi connectivity index (χ3n) is 4.73. The van der Waals surface area contributed by atoms with Crippen molar-refractivity contribution in [2.75, 3.05) is 0 Å². The summed E-state index contributed by atoms with van der Waals surface area (Å²) in [6, 6.07) is 19.7. The van der Waals surface area contributed by atoms with Gasteiger partial charge in [0.15, 0.2) is 0 Å². The molecule has 0 atom stereocenters. The molecule has 2 aromatic heterocycles. The zero-order valence-electron chi connectivity index (χ0n) is 15.8. The summed E-state index contributed by atoms with van der Waals surface area (Å²) in [5, 5.41) is 11.9. The van der Waals surface area contributed by atoms with Gasteiger partial charge in [0.2, 0.25) is 0 Å². The van der Waals surface area contributed by atoms with Crippen molar-refractivity contribution in [2.45, 2.75) is 20.4 Å². The van der Waals surface area contributed by atoms with Gasteiger partial charge in [0.05, 0.1) is 28.8 Å². The number of nitrogens with zero attached hydrogens (tertiary/aromatic N) is 4. The number of aromatic nitrogens is 4. The number of nitrogens with one attached hydrogen (secondary N) is 1. The van der Waals surface area contributed by atoms with Gasteiger partial charge >= 0.3 is 0 Å². The van der Waals surface area contributed by atoms with E-state index in [1.54, 1.807) is 17.1 Å². The van der Waals surface area contributed by atoms with Gasteiger partial charge in [0, 0.05) is 24.0 Å². The number of para-hydroxylation sites is 2. The highest BCUT2D eigenvalue weighted by molar-refractivity contribution is 5.93. The Morgan fingerprint density at radius 2 is 1.61 bits per heavy atom. The minimum atomic E-state index is -0.159. The average Bonchev–Trinajstić information content (AvgIpc) is 3.33. The number of amides is 1. The summed E-state index contributed by atoms with van der Waals surface area (Å²) in [5.41, 5.74) is 5.38. The topological polar surface area (TPSA) is 64.7 Å². The molecule has 28 heavy (non-hydrogen) atoms. The molecule has 0 radical (unpaired) electrons. The van der Waals surface area contributed by atoms with Gasteiger partial charge < -0.3 is 5.32 Å². The first-order valence-corrected chi connectivity index (χ1v) is 9.12. The molecule has 2 aromatic carbocycles. The summed E-state index contributed by atoms with van der Waals surface area (Å²) in [5.74, 6) is -0.159. The van der Waals surface area contributed by atoms with E-state index in [0.29, 0.717) is 12.1 Å². The SMILES string of the molecule is Cc1nn(-c2ccccc2)c(C)c1CNC(=O)c1cnn(-c2ccccc2)c1. The van der Waals surface area contributed by atoms with Crippen LogP contribution in [0.15, 0.2) is 73.1 Å². The molecule has 1 amide bonds. The van der Waals surface area contributed by atoms with E-state index < -0.39 is 0 Å². The summed E-state index contributed by atoms with van der Waals surface area (Å²) in [7, 11) is 0. The largest absolute Gasteiger partial charge is 0.348 e. The summed E-state index contributed by atoms with van der Waals surface area (Å²) >= 11 is 0. The molecule has 2 heterocycles. The first-order chi connectivity index (χ1) is 13.6. The molecular formula is C22H21N5O. The van der Waals surface area contributed by atoms with Gasteiger partial charge in [0.1, 0.15) is 0 Å². The van der Waals surface area contributed by atoms with E-state index in [9.17, 15) is 4.79 Å². The predicted octanol–water partition coefficient (Wildman–Crippen LogP) is 3.60. The monoisotopic (exact) mass is 371 g/mol. The van der Waals surface area contributed by atoms with Crippen LogP contribution in [0.1, 0.15) is 27.3 Å². The van der Waals surface area contributed by atoms with Crippen LogP contribution in [0.3, 0.4) is 0 Å². The van der Waals surface area contributed by atoms with Crippen LogP contribution in [0.5, 0.6) is 0 Å². The highest BCUT2D eigenvalue weighted by atomic mass is 16.1. The van der Waals surface area contributed by atoms with Crippen molar-refractivity contribution in [2.24, 2.45) is 0 Å². The third kappa shape index (κ3) is 3.44. The summed E-state index contributed by atoms with van der Waals surface area (Å²) in [4.78, 5) is 12.6. The molecule has 1 N–H and O–H groups in total. The van der Waals surface area contributed by atoms with Crippen LogP contribution in [-0.4, -0.2) is 25.5 Å². The van der Waals surface area contributed by atoms with Crippen LogP contribution in [0.4, 0.5) is 0 Å². The fourth-order valence-electron chi connectivity index (χ4n) is 3.18. The number of carbonyl (C=O) groups is 1. The lowest BCUT2D eigenvalue weighted by atomic mass is 10.2. The van der Waals surface area contributed by atoms with E-state index >= 15 is 0 Å². The molecule has 6 heteroatoms. The first-order valence-electron chi connectivity index (χ1n) is 9.12. The van der Waals surface area contributed by atoms with Gasteiger partial charge in [-0.3, -0.25) is 4.79 Å². The molecule has 140 valence electrons. The number of hydrogen-bond donors (Lipinski definition) is 1. The summed E-state index contributed by atoms with van der Waals surface area (Å²) in [6.45, 7) is 4.39. The van der Waals surface area contributed by atoms with Crippen molar-refractivity contribution in [1.82, 2.24) is 24.9 Å². The normalized spacial score (nSPS) is 10.8. The molecule has 6 nitrogen and oxygen atoms in total. The van der Waals surface area contributed by atoms with E-state index in [2.05, 4.69) is 15.5 Å². The van der Waals surface area contributed by atoms with E-state index in [1.165, 1.54) is 0 Å². The quantitative estimate of drug-likeness (QED) is 0.583. The second-order valence-electron chi connectivity index (χ2n) is 6.59. The van der Waals surface area contributed by atoms with Crippen LogP contribution >= 0.6 is 0 Å². The number of aryl methyl sites for hydroxylation is 1. The first kappa shape index (κ1) is 17.7. The molecular weight excluding hydrogens is 350 g/mol. The zero-order valence-corrected chi connectivity index (χ0v) is 15.8. The molecule has 0 aliphatic rings. The fourth-order valence-corrected chi connectivity index (χ4v) is 3.18. The highest BCUT2D eigenvalue weighted by Crippen LogP contribution is 2.18. The summed E-state index contributed by atoms with van der Waals surface area (Å²) in [6.07, 6.45) is 3.31. The Morgan fingerprint density at radius 1 is 0.964 bits per heavy atom. The number of hydrogen-bond acceptors (Lipinski definition) is 3. The van der Waals surface area contributed by atoms with Gasteiger partial charge in [-0.05, 0) is 38.1 Å². The average molecular weight is 371 g/mol. The van der Waals surface area contributed by atoms with Crippen molar-refractivity contribution in [1.29, 1.82) is 0 Å². The van der Waals surface area contributed by atoms with Crippen LogP contribution in [0.25, 0.3) is 11.4 Å². The maximum Gasteiger partial charge on any atom is 0.254 e. The van der Waals surface area contributed by atoms with Gasteiger partial charge in [-0.15, -0.1) is 0 Å². The molecule has 0 saturated heterocycles. The van der Waals surface area contributed by atoms with Gasteiger partial charge in [-0.2, -0.15) is 10.2 Å². The van der Waals surface area contributed by atoms with Gasteiger partial charge in [-0.1, -0.05) is 36.4 Å². The lowest BCUT2D eigenvalue weighted by Gasteiger charge is -2.06. The van der Waals surface area contributed by atoms with Crippen LogP contribution in [0, 0.1) is 13.8 Å². The van der Waals surface area contributed by atoms with Crippen molar-refractivity contribution in [3.63, 3.8) is 0 Å². The molecule has 4 aromatic rings. The maximum atomic E-state index is 12.6. The van der Waals surface area contributed by atoms with Crippen LogP contribution in [0.2, 0.25) is 0 Å². The lowest BCUT2D eigenvalue weighted by molar-refractivity contribution is 0.0951. The minimum Gasteiger partial charge on any atom is -0.348 e. The number of rotatable bonds is 5. The Hall–Kier alpha value is -3.67. The smallest absolute Gasteiger partial charge is 0.254 e. The second kappa shape index (κ2) is 7.52. The van der Waals surface area contributed by atoms with Crippen LogP contribution in [-0.2, 0) is 6.54 Å². The second-order valence-corrected chi connectivity index (χ2v) is 6.59. The predicted molar refractivity (Wildman–Crippen MR) is 108 cm³/mol. The van der Waals surface area contributed by atoms with E-state index in [4.69, 9.17) is 0 Å². The maximum absolute atomic E-state index is 12.6. The van der Waals surface area contributed by atoms with Crippen LogP contribution < -0.4 is 5.32 Å². The van der Waals surface area contributed by atoms with Crippen molar-refractivity contribution < 1.29 is 4.79 Å². The minimum absolute atomic E-state index is 0.159. The fraction of sp³-hybridized carbons (Fsp3) is 0.136. The molecule has 4 rings (SSSR count). The third-order valence-corrected chi connectivity index (χ3v) is 4.73. The molecule has 0 aliphatic heterocycles. The molecule has 0 aliphatic carbocycles. The number of carbonyl (C=O) groups excluding carboxylic acids is 1. The van der Waals surface area contributed by atoms with E-state index in [1.807, 2.05) is 79.2 Å². The van der Waals surface area contributed by atoms with Crippen molar-refractivity contribution in [3.05, 3.63) is 95.6 Å². The molecule has 0 spiro atoms. The Morgan fingerprint density at radius 3 is 2.29 bits per heavy atom. The highest BCUT2D eigenvalue weighted by Gasteiger charge is 2.15. The lowest BCUT2D eigenvalue weighted by Crippen LogP contribution is -2.23. The standard InChI is InChI=1S/C22H21N5O/c1-16-21(17(2)27(25-16)20-11-7-4-8-12-20)14-23-22(28)18-13-24-26(15-18)19-9-5-3-6-10-19/h3-13,15H,14H2,1-2H3,(H,23,28). The number of benzene rings is 2.